The molecule has 10 nitrogen and oxygen atoms in total. The largest absolute Gasteiger partial charge is 0.390 e. The summed E-state index contributed by atoms with van der Waals surface area (Å²) in [5.41, 5.74) is 8.76. The first-order chi connectivity index (χ1) is 17.9. The van der Waals surface area contributed by atoms with E-state index in [0.29, 0.717) is 49.9 Å². The third-order valence-electron chi connectivity index (χ3n) is 7.01. The molecule has 3 heterocycles. The molecule has 1 aromatic heterocycles. The smallest absolute Gasteiger partial charge is 0.251 e. The van der Waals surface area contributed by atoms with Crippen molar-refractivity contribution >= 4 is 23.5 Å². The Balaban J connectivity index is 1.33. The van der Waals surface area contributed by atoms with Gasteiger partial charge in [-0.25, -0.2) is 4.98 Å². The summed E-state index contributed by atoms with van der Waals surface area (Å²) >= 11 is 0. The Bertz CT molecular complexity index is 1070. The lowest BCUT2D eigenvalue weighted by molar-refractivity contribution is -0.129. The molecule has 200 valence electrons. The van der Waals surface area contributed by atoms with Crippen molar-refractivity contribution in [3.05, 3.63) is 53.1 Å². The van der Waals surface area contributed by atoms with E-state index in [-0.39, 0.29) is 24.4 Å². The Labute approximate surface area is 218 Å². The summed E-state index contributed by atoms with van der Waals surface area (Å²) in [6.07, 6.45) is 1.93. The maximum Gasteiger partial charge on any atom is 0.251 e. The number of piperidine rings is 1. The van der Waals surface area contributed by atoms with Crippen molar-refractivity contribution in [2.75, 3.05) is 56.4 Å². The molecule has 0 aliphatic carbocycles. The van der Waals surface area contributed by atoms with Crippen LogP contribution in [0.15, 0.2) is 36.4 Å². The number of aliphatic hydroxyl groups excluding tert-OH is 1. The van der Waals surface area contributed by atoms with Gasteiger partial charge in [-0.05, 0) is 42.5 Å². The molecule has 1 aromatic carbocycles. The van der Waals surface area contributed by atoms with Crippen molar-refractivity contribution in [2.24, 2.45) is 5.73 Å². The number of aliphatic hydroxyl groups is 1. The molecule has 37 heavy (non-hydrogen) atoms. The van der Waals surface area contributed by atoms with Gasteiger partial charge in [-0.1, -0.05) is 24.3 Å². The fourth-order valence-corrected chi connectivity index (χ4v) is 4.96. The average Bonchev–Trinajstić information content (AvgIpc) is 2.90. The molecule has 0 bridgehead atoms. The molecule has 10 heteroatoms. The molecular formula is C27H39N7O3. The highest BCUT2D eigenvalue weighted by molar-refractivity contribution is 5.95. The van der Waals surface area contributed by atoms with Crippen molar-refractivity contribution in [1.29, 1.82) is 0 Å². The summed E-state index contributed by atoms with van der Waals surface area (Å²) in [7, 11) is 0. The summed E-state index contributed by atoms with van der Waals surface area (Å²) < 4.78 is 0. The minimum Gasteiger partial charge on any atom is -0.390 e. The molecular weight excluding hydrogens is 470 g/mol. The van der Waals surface area contributed by atoms with Gasteiger partial charge in [-0.2, -0.15) is 0 Å². The second-order valence-corrected chi connectivity index (χ2v) is 9.88. The van der Waals surface area contributed by atoms with E-state index >= 15 is 0 Å². The fourth-order valence-electron chi connectivity index (χ4n) is 4.96. The van der Waals surface area contributed by atoms with E-state index in [2.05, 4.69) is 44.0 Å². The molecule has 1 saturated heterocycles. The SMILES string of the molecule is CC(=O)N1CCC(Nc2cc(C(=O)NCC(O)CN3CCc4ccccc4C3)cc(NCCN)n2)CC1. The molecule has 2 aliphatic rings. The van der Waals surface area contributed by atoms with Gasteiger partial charge in [0.1, 0.15) is 11.6 Å². The molecule has 2 amide bonds. The van der Waals surface area contributed by atoms with Crippen molar-refractivity contribution in [3.8, 4) is 0 Å². The number of nitrogens with zero attached hydrogens (tertiary/aromatic N) is 3. The summed E-state index contributed by atoms with van der Waals surface area (Å²) in [6.45, 7) is 6.33. The highest BCUT2D eigenvalue weighted by Crippen LogP contribution is 2.20. The number of hydrogen-bond donors (Lipinski definition) is 5. The molecule has 6 N–H and O–H groups in total. The summed E-state index contributed by atoms with van der Waals surface area (Å²) in [4.78, 5) is 33.3. The standard InChI is InChI=1S/C27H39N7O3/c1-19(35)34-12-7-23(8-13-34)31-26-15-22(14-25(32-26)29-10-9-28)27(37)30-16-24(36)18-33-11-6-20-4-2-3-5-21(20)17-33/h2-5,14-15,23-24,36H,6-13,16-18,28H2,1H3,(H,30,37)(H2,29,31,32). The van der Waals surface area contributed by atoms with E-state index in [0.717, 1.165) is 32.4 Å². The number of β-amino-alcohol motifs (C(OH)–C–C–N with tert-alkyl or cyclic N) is 1. The number of hydrogen-bond acceptors (Lipinski definition) is 8. The maximum atomic E-state index is 13.0. The molecule has 0 radical (unpaired) electrons. The van der Waals surface area contributed by atoms with Crippen LogP contribution in [0.3, 0.4) is 0 Å². The monoisotopic (exact) mass is 509 g/mol. The van der Waals surface area contributed by atoms with E-state index in [9.17, 15) is 14.7 Å². The Morgan fingerprint density at radius 2 is 1.86 bits per heavy atom. The number of fused-ring (bicyclic) bond motifs is 1. The van der Waals surface area contributed by atoms with Crippen LogP contribution in [-0.2, 0) is 17.8 Å². The molecule has 1 unspecified atom stereocenters. The number of benzene rings is 1. The highest BCUT2D eigenvalue weighted by Gasteiger charge is 2.22. The number of likely N-dealkylation sites (tertiary alicyclic amines) is 1. The van der Waals surface area contributed by atoms with Crippen LogP contribution in [0.2, 0.25) is 0 Å². The van der Waals surface area contributed by atoms with E-state index in [4.69, 9.17) is 5.73 Å². The Hall–Kier alpha value is -3.21. The van der Waals surface area contributed by atoms with Crippen LogP contribution in [0.25, 0.3) is 0 Å². The van der Waals surface area contributed by atoms with E-state index in [1.807, 2.05) is 11.0 Å². The van der Waals surface area contributed by atoms with Gasteiger partial charge < -0.3 is 31.7 Å². The Kier molecular flexibility index (Phi) is 9.32. The van der Waals surface area contributed by atoms with Gasteiger partial charge in [0, 0.05) is 70.9 Å². The highest BCUT2D eigenvalue weighted by atomic mass is 16.3. The average molecular weight is 510 g/mol. The molecule has 2 aromatic rings. The first-order valence-corrected chi connectivity index (χ1v) is 13.1. The van der Waals surface area contributed by atoms with Gasteiger partial charge in [0.25, 0.3) is 5.91 Å². The summed E-state index contributed by atoms with van der Waals surface area (Å²) in [6, 6.07) is 12.0. The van der Waals surface area contributed by atoms with Gasteiger partial charge in [0.15, 0.2) is 0 Å². The fraction of sp³-hybridized carbons (Fsp3) is 0.519. The number of carbonyl (C=O) groups is 2. The molecule has 1 atom stereocenters. The number of nitrogens with two attached hydrogens (primary N) is 1. The topological polar surface area (TPSA) is 136 Å². The maximum absolute atomic E-state index is 13.0. The lowest BCUT2D eigenvalue weighted by Crippen LogP contribution is -2.42. The number of rotatable bonds is 10. The normalized spacial score (nSPS) is 17.1. The number of aromatic nitrogens is 1. The minimum absolute atomic E-state index is 0.0933. The number of anilines is 2. The van der Waals surface area contributed by atoms with Crippen LogP contribution < -0.4 is 21.7 Å². The van der Waals surface area contributed by atoms with Crippen LogP contribution in [0.5, 0.6) is 0 Å². The molecule has 2 aliphatic heterocycles. The van der Waals surface area contributed by atoms with Crippen LogP contribution in [0, 0.1) is 0 Å². The number of nitrogens with one attached hydrogen (secondary N) is 3. The molecule has 0 spiro atoms. The zero-order valence-electron chi connectivity index (χ0n) is 21.6. The quantitative estimate of drug-likeness (QED) is 0.320. The predicted molar refractivity (Wildman–Crippen MR) is 144 cm³/mol. The lowest BCUT2D eigenvalue weighted by atomic mass is 10.00. The van der Waals surface area contributed by atoms with Crippen molar-refractivity contribution in [1.82, 2.24) is 20.1 Å². The van der Waals surface area contributed by atoms with Gasteiger partial charge in [-0.3, -0.25) is 14.5 Å². The zero-order chi connectivity index (χ0) is 26.2. The number of pyridine rings is 1. The van der Waals surface area contributed by atoms with Gasteiger partial charge >= 0.3 is 0 Å². The first-order valence-electron chi connectivity index (χ1n) is 13.1. The van der Waals surface area contributed by atoms with Crippen LogP contribution in [-0.4, -0.2) is 89.7 Å². The van der Waals surface area contributed by atoms with E-state index in [1.165, 1.54) is 11.1 Å². The minimum atomic E-state index is -0.671. The van der Waals surface area contributed by atoms with Crippen molar-refractivity contribution in [2.45, 2.75) is 44.9 Å². The molecule has 4 rings (SSSR count). The van der Waals surface area contributed by atoms with E-state index in [1.54, 1.807) is 19.1 Å². The lowest BCUT2D eigenvalue weighted by Gasteiger charge is -2.32. The second kappa shape index (κ2) is 12.8. The number of amides is 2. The van der Waals surface area contributed by atoms with Crippen molar-refractivity contribution in [3.63, 3.8) is 0 Å². The third kappa shape index (κ3) is 7.64. The van der Waals surface area contributed by atoms with Crippen LogP contribution >= 0.6 is 0 Å². The summed E-state index contributed by atoms with van der Waals surface area (Å²) in [5, 5.41) is 20.1. The second-order valence-electron chi connectivity index (χ2n) is 9.88. The summed E-state index contributed by atoms with van der Waals surface area (Å²) in [5.74, 6) is 0.988. The number of carbonyl (C=O) groups excluding carboxylic acids is 2. The van der Waals surface area contributed by atoms with Crippen LogP contribution in [0.1, 0.15) is 41.3 Å². The van der Waals surface area contributed by atoms with Crippen LogP contribution in [0.4, 0.5) is 11.6 Å². The van der Waals surface area contributed by atoms with Gasteiger partial charge in [0.2, 0.25) is 5.91 Å². The van der Waals surface area contributed by atoms with Gasteiger partial charge in [0.05, 0.1) is 6.10 Å². The Morgan fingerprint density at radius 1 is 1.14 bits per heavy atom. The zero-order valence-corrected chi connectivity index (χ0v) is 21.6. The molecule has 0 saturated carbocycles. The van der Waals surface area contributed by atoms with Gasteiger partial charge in [-0.15, -0.1) is 0 Å². The van der Waals surface area contributed by atoms with E-state index < -0.39 is 6.10 Å². The Morgan fingerprint density at radius 3 is 2.59 bits per heavy atom. The predicted octanol–water partition coefficient (Wildman–Crippen LogP) is 1.02. The third-order valence-corrected chi connectivity index (χ3v) is 7.01. The van der Waals surface area contributed by atoms with Crippen molar-refractivity contribution < 1.29 is 14.7 Å². The first kappa shape index (κ1) is 26.8. The molecule has 1 fully saturated rings.